The second kappa shape index (κ2) is 4.34. The summed E-state index contributed by atoms with van der Waals surface area (Å²) in [5.41, 5.74) is 1.09. The van der Waals surface area contributed by atoms with Gasteiger partial charge >= 0.3 is 0 Å². The van der Waals surface area contributed by atoms with Crippen molar-refractivity contribution < 1.29 is 9.47 Å². The highest BCUT2D eigenvalue weighted by molar-refractivity contribution is 7.99. The zero-order chi connectivity index (χ0) is 9.86. The fourth-order valence-corrected chi connectivity index (χ4v) is 2.33. The molecular formula is C11H14O2S. The van der Waals surface area contributed by atoms with Crippen LogP contribution in [-0.2, 0) is 14.6 Å². The minimum Gasteiger partial charge on any atom is -0.337 e. The van der Waals surface area contributed by atoms with Gasteiger partial charge in [0.2, 0.25) is 5.12 Å². The molecule has 1 aromatic carbocycles. The summed E-state index contributed by atoms with van der Waals surface area (Å²) in [6.07, 6.45) is 2.99. The van der Waals surface area contributed by atoms with Crippen LogP contribution in [-0.4, -0.2) is 19.5 Å². The van der Waals surface area contributed by atoms with Crippen LogP contribution in [0.4, 0.5) is 0 Å². The zero-order valence-corrected chi connectivity index (χ0v) is 9.05. The molecule has 0 aromatic heterocycles. The van der Waals surface area contributed by atoms with Gasteiger partial charge < -0.3 is 9.47 Å². The van der Waals surface area contributed by atoms with Gasteiger partial charge in [-0.15, -0.1) is 0 Å². The largest absolute Gasteiger partial charge is 0.337 e. The number of hydrogen-bond donors (Lipinski definition) is 0. The molecule has 1 aliphatic heterocycles. The van der Waals surface area contributed by atoms with Crippen molar-refractivity contribution in [1.29, 1.82) is 0 Å². The van der Waals surface area contributed by atoms with Crippen LogP contribution in [0, 0.1) is 0 Å². The summed E-state index contributed by atoms with van der Waals surface area (Å²) < 4.78 is 11.5. The summed E-state index contributed by atoms with van der Waals surface area (Å²) in [5.74, 6) is 0. The lowest BCUT2D eigenvalue weighted by atomic mass is 10.2. The summed E-state index contributed by atoms with van der Waals surface area (Å²) >= 11 is 1.60. The van der Waals surface area contributed by atoms with Crippen LogP contribution in [0.1, 0.15) is 12.0 Å². The van der Waals surface area contributed by atoms with Gasteiger partial charge in [0.15, 0.2) is 0 Å². The van der Waals surface area contributed by atoms with Crippen LogP contribution in [0.15, 0.2) is 30.3 Å². The molecule has 14 heavy (non-hydrogen) atoms. The molecule has 1 aromatic rings. The van der Waals surface area contributed by atoms with E-state index in [4.69, 9.17) is 9.47 Å². The topological polar surface area (TPSA) is 18.5 Å². The molecule has 3 heteroatoms. The van der Waals surface area contributed by atoms with Gasteiger partial charge in [-0.25, -0.2) is 0 Å². The van der Waals surface area contributed by atoms with Crippen LogP contribution < -0.4 is 0 Å². The predicted octanol–water partition coefficient (Wildman–Crippen LogP) is 2.60. The second-order valence-electron chi connectivity index (χ2n) is 3.18. The van der Waals surface area contributed by atoms with E-state index in [1.807, 2.05) is 36.6 Å². The number of benzene rings is 1. The van der Waals surface area contributed by atoms with Gasteiger partial charge in [0, 0.05) is 5.56 Å². The Morgan fingerprint density at radius 3 is 2.36 bits per heavy atom. The third-order valence-corrected chi connectivity index (χ3v) is 3.28. The van der Waals surface area contributed by atoms with Crippen LogP contribution in [0.5, 0.6) is 0 Å². The van der Waals surface area contributed by atoms with Crippen molar-refractivity contribution in [2.24, 2.45) is 0 Å². The van der Waals surface area contributed by atoms with Crippen molar-refractivity contribution >= 4 is 11.8 Å². The van der Waals surface area contributed by atoms with Gasteiger partial charge in [-0.3, -0.25) is 0 Å². The predicted molar refractivity (Wildman–Crippen MR) is 58.2 cm³/mol. The summed E-state index contributed by atoms with van der Waals surface area (Å²) in [4.78, 5) is 0. The molecule has 0 spiro atoms. The van der Waals surface area contributed by atoms with Gasteiger partial charge in [0.05, 0.1) is 13.2 Å². The minimum absolute atomic E-state index is 0.570. The van der Waals surface area contributed by atoms with Crippen molar-refractivity contribution in [3.63, 3.8) is 0 Å². The van der Waals surface area contributed by atoms with Crippen LogP contribution >= 0.6 is 11.8 Å². The Hall–Kier alpha value is -0.510. The Balaban J connectivity index is 2.27. The molecule has 0 atom stereocenters. The van der Waals surface area contributed by atoms with Crippen molar-refractivity contribution in [3.8, 4) is 0 Å². The summed E-state index contributed by atoms with van der Waals surface area (Å²) in [5, 5.41) is -0.570. The van der Waals surface area contributed by atoms with Crippen LogP contribution in [0.3, 0.4) is 0 Å². The maximum atomic E-state index is 5.74. The molecule has 1 heterocycles. The van der Waals surface area contributed by atoms with Crippen LogP contribution in [0.25, 0.3) is 0 Å². The SMILES string of the molecule is CSC1(c2ccccc2)OCCCO1. The standard InChI is InChI=1S/C11H14O2S/c1-14-11(12-8-5-9-13-11)10-6-3-2-4-7-10/h2-4,6-7H,5,8-9H2,1H3. The molecule has 2 rings (SSSR count). The number of ether oxygens (including phenoxy) is 2. The van der Waals surface area contributed by atoms with E-state index in [1.165, 1.54) is 0 Å². The molecular weight excluding hydrogens is 196 g/mol. The Bertz CT molecular complexity index is 281. The van der Waals surface area contributed by atoms with E-state index in [1.54, 1.807) is 11.8 Å². The molecule has 0 saturated carbocycles. The van der Waals surface area contributed by atoms with E-state index in [0.29, 0.717) is 0 Å². The fraction of sp³-hybridized carbons (Fsp3) is 0.455. The van der Waals surface area contributed by atoms with Gasteiger partial charge in [-0.05, 0) is 12.7 Å². The monoisotopic (exact) mass is 210 g/mol. The highest BCUT2D eigenvalue weighted by Gasteiger charge is 2.35. The normalized spacial score (nSPS) is 20.6. The fourth-order valence-electron chi connectivity index (χ4n) is 1.56. The number of thioether (sulfide) groups is 1. The number of hydrogen-bond acceptors (Lipinski definition) is 3. The van der Waals surface area contributed by atoms with Crippen molar-refractivity contribution in [2.45, 2.75) is 11.5 Å². The molecule has 0 bridgehead atoms. The first-order valence-corrected chi connectivity index (χ1v) is 5.98. The van der Waals surface area contributed by atoms with Crippen molar-refractivity contribution in [2.75, 3.05) is 19.5 Å². The molecule has 0 N–H and O–H groups in total. The van der Waals surface area contributed by atoms with E-state index in [-0.39, 0.29) is 0 Å². The lowest BCUT2D eigenvalue weighted by Crippen LogP contribution is -2.34. The Kier molecular flexibility index (Phi) is 3.11. The highest BCUT2D eigenvalue weighted by atomic mass is 32.2. The van der Waals surface area contributed by atoms with Gasteiger partial charge in [-0.2, -0.15) is 0 Å². The quantitative estimate of drug-likeness (QED) is 0.747. The molecule has 1 aliphatic rings. The van der Waals surface area contributed by atoms with Crippen molar-refractivity contribution in [1.82, 2.24) is 0 Å². The maximum absolute atomic E-state index is 5.74. The maximum Gasteiger partial charge on any atom is 0.245 e. The molecule has 1 saturated heterocycles. The molecule has 0 unspecified atom stereocenters. The first-order chi connectivity index (χ1) is 6.87. The molecule has 0 radical (unpaired) electrons. The first kappa shape index (κ1) is 10.0. The van der Waals surface area contributed by atoms with E-state index in [0.717, 1.165) is 25.2 Å². The third kappa shape index (κ3) is 1.80. The average molecular weight is 210 g/mol. The smallest absolute Gasteiger partial charge is 0.245 e. The summed E-state index contributed by atoms with van der Waals surface area (Å²) in [7, 11) is 0. The van der Waals surface area contributed by atoms with E-state index in [9.17, 15) is 0 Å². The van der Waals surface area contributed by atoms with Gasteiger partial charge in [-0.1, -0.05) is 42.1 Å². The Morgan fingerprint density at radius 2 is 1.79 bits per heavy atom. The molecule has 0 aliphatic carbocycles. The molecule has 1 fully saturated rings. The van der Waals surface area contributed by atoms with Crippen LogP contribution in [0.2, 0.25) is 0 Å². The lowest BCUT2D eigenvalue weighted by molar-refractivity contribution is -0.212. The van der Waals surface area contributed by atoms with Gasteiger partial charge in [0.1, 0.15) is 0 Å². The second-order valence-corrected chi connectivity index (χ2v) is 4.12. The van der Waals surface area contributed by atoms with E-state index >= 15 is 0 Å². The Morgan fingerprint density at radius 1 is 1.14 bits per heavy atom. The molecule has 2 nitrogen and oxygen atoms in total. The first-order valence-electron chi connectivity index (χ1n) is 4.76. The summed E-state index contributed by atoms with van der Waals surface area (Å²) in [6.45, 7) is 1.55. The highest BCUT2D eigenvalue weighted by Crippen LogP contribution is 2.39. The molecule has 76 valence electrons. The minimum atomic E-state index is -0.570. The zero-order valence-electron chi connectivity index (χ0n) is 8.23. The summed E-state index contributed by atoms with van der Waals surface area (Å²) in [6, 6.07) is 10.1. The lowest BCUT2D eigenvalue weighted by Gasteiger charge is -2.35. The third-order valence-electron chi connectivity index (χ3n) is 2.27. The molecule has 0 amide bonds. The van der Waals surface area contributed by atoms with Gasteiger partial charge in [0.25, 0.3) is 0 Å². The van der Waals surface area contributed by atoms with Crippen molar-refractivity contribution in [3.05, 3.63) is 35.9 Å². The van der Waals surface area contributed by atoms with E-state index < -0.39 is 5.12 Å². The number of rotatable bonds is 2. The Labute approximate surface area is 88.6 Å². The average Bonchev–Trinajstić information content (AvgIpc) is 2.31. The van der Waals surface area contributed by atoms with E-state index in [2.05, 4.69) is 0 Å².